The molecule has 0 spiro atoms. The number of benzene rings is 1. The van der Waals surface area contributed by atoms with Gasteiger partial charge in [0.05, 0.1) is 11.9 Å². The van der Waals surface area contributed by atoms with Gasteiger partial charge in [-0.15, -0.1) is 0 Å². The lowest BCUT2D eigenvalue weighted by Crippen LogP contribution is -2.13. The molecule has 0 saturated carbocycles. The topological polar surface area (TPSA) is 51.2 Å². The lowest BCUT2D eigenvalue weighted by Gasteiger charge is -2.05. The number of carbonyl (C=O) groups excluding carboxylic acids is 1. The third-order valence-corrected chi connectivity index (χ3v) is 3.43. The summed E-state index contributed by atoms with van der Waals surface area (Å²) in [5.41, 5.74) is 1.57. The summed E-state index contributed by atoms with van der Waals surface area (Å²) in [6.07, 6.45) is 1.08. The fourth-order valence-electron chi connectivity index (χ4n) is 1.18. The first kappa shape index (κ1) is 12.1. The lowest BCUT2D eigenvalue weighted by molar-refractivity contribution is 0.155. The monoisotopic (exact) mass is 312 g/mol. The molecule has 2 aromatic rings. The van der Waals surface area contributed by atoms with E-state index in [0.717, 1.165) is 9.35 Å². The Hall–Kier alpha value is -1.40. The van der Waals surface area contributed by atoms with Crippen molar-refractivity contribution in [3.8, 4) is 0 Å². The summed E-state index contributed by atoms with van der Waals surface area (Å²) in [6.45, 7) is 0.252. The minimum absolute atomic E-state index is 0.252. The predicted octanol–water partition coefficient (Wildman–Crippen LogP) is 3.65. The van der Waals surface area contributed by atoms with Crippen molar-refractivity contribution >= 4 is 39.2 Å². The molecule has 0 radical (unpaired) electrons. The summed E-state index contributed by atoms with van der Waals surface area (Å²) in [7, 11) is 0. The second-order valence-electron chi connectivity index (χ2n) is 3.20. The number of hydrogen-bond donors (Lipinski definition) is 1. The van der Waals surface area contributed by atoms with Crippen molar-refractivity contribution in [3.05, 3.63) is 45.9 Å². The average Bonchev–Trinajstić information content (AvgIpc) is 2.74. The smallest absolute Gasteiger partial charge is 0.412 e. The number of nitrogens with zero attached hydrogens (tertiary/aromatic N) is 1. The second-order valence-corrected chi connectivity index (χ2v) is 5.32. The summed E-state index contributed by atoms with van der Waals surface area (Å²) < 4.78 is 9.75. The molecule has 0 aliphatic rings. The zero-order valence-electron chi connectivity index (χ0n) is 8.72. The third kappa shape index (κ3) is 3.54. The SMILES string of the molecule is O=C(Nc1cnsc1Br)OCc1ccccc1. The quantitative estimate of drug-likeness (QED) is 0.941. The van der Waals surface area contributed by atoms with E-state index in [1.807, 2.05) is 30.3 Å². The van der Waals surface area contributed by atoms with E-state index in [9.17, 15) is 4.79 Å². The number of halogens is 1. The fraction of sp³-hybridized carbons (Fsp3) is 0.0909. The van der Waals surface area contributed by atoms with Crippen LogP contribution < -0.4 is 5.32 Å². The molecular formula is C11H9BrN2O2S. The molecule has 17 heavy (non-hydrogen) atoms. The van der Waals surface area contributed by atoms with E-state index in [2.05, 4.69) is 25.6 Å². The minimum Gasteiger partial charge on any atom is -0.444 e. The average molecular weight is 313 g/mol. The van der Waals surface area contributed by atoms with Crippen molar-refractivity contribution in [1.29, 1.82) is 0 Å². The zero-order valence-corrected chi connectivity index (χ0v) is 11.1. The number of hydrogen-bond acceptors (Lipinski definition) is 4. The second kappa shape index (κ2) is 5.79. The van der Waals surface area contributed by atoms with Crippen LogP contribution in [0.1, 0.15) is 5.56 Å². The summed E-state index contributed by atoms with van der Waals surface area (Å²) >= 11 is 4.53. The van der Waals surface area contributed by atoms with Gasteiger partial charge in [0.2, 0.25) is 0 Å². The van der Waals surface area contributed by atoms with Gasteiger partial charge in [-0.25, -0.2) is 4.79 Å². The Bertz CT molecular complexity index is 501. The Morgan fingerprint density at radius 3 is 2.82 bits per heavy atom. The minimum atomic E-state index is -0.491. The molecule has 1 heterocycles. The van der Waals surface area contributed by atoms with E-state index in [1.165, 1.54) is 11.5 Å². The van der Waals surface area contributed by atoms with E-state index >= 15 is 0 Å². The fourth-order valence-corrected chi connectivity index (χ4v) is 2.08. The first-order chi connectivity index (χ1) is 8.25. The molecule has 1 amide bonds. The molecule has 1 aromatic heterocycles. The van der Waals surface area contributed by atoms with Gasteiger partial charge in [-0.1, -0.05) is 30.3 Å². The van der Waals surface area contributed by atoms with Crippen LogP contribution in [0.2, 0.25) is 0 Å². The van der Waals surface area contributed by atoms with Crippen LogP contribution in [-0.2, 0) is 11.3 Å². The van der Waals surface area contributed by atoms with Gasteiger partial charge in [0.15, 0.2) is 0 Å². The largest absolute Gasteiger partial charge is 0.444 e. The van der Waals surface area contributed by atoms with Crippen LogP contribution in [0.25, 0.3) is 0 Å². The maximum absolute atomic E-state index is 11.5. The van der Waals surface area contributed by atoms with Crippen molar-refractivity contribution in [2.24, 2.45) is 0 Å². The molecule has 88 valence electrons. The van der Waals surface area contributed by atoms with Crippen LogP contribution in [0.4, 0.5) is 10.5 Å². The highest BCUT2D eigenvalue weighted by atomic mass is 79.9. The van der Waals surface area contributed by atoms with Crippen LogP contribution in [0.15, 0.2) is 40.3 Å². The standard InChI is InChI=1S/C11H9BrN2O2S/c12-10-9(6-13-17-10)14-11(15)16-7-8-4-2-1-3-5-8/h1-6H,7H2,(H,14,15). The Balaban J connectivity index is 1.85. The van der Waals surface area contributed by atoms with E-state index in [4.69, 9.17) is 4.74 Å². The Morgan fingerprint density at radius 1 is 1.41 bits per heavy atom. The molecule has 0 aliphatic heterocycles. The number of anilines is 1. The van der Waals surface area contributed by atoms with Crippen LogP contribution in [0, 0.1) is 0 Å². The first-order valence-electron chi connectivity index (χ1n) is 4.83. The van der Waals surface area contributed by atoms with Gasteiger partial charge in [-0.2, -0.15) is 4.37 Å². The maximum Gasteiger partial charge on any atom is 0.412 e. The Labute approximate surface area is 111 Å². The highest BCUT2D eigenvalue weighted by Gasteiger charge is 2.08. The maximum atomic E-state index is 11.5. The molecule has 0 aliphatic carbocycles. The Kier molecular flexibility index (Phi) is 4.11. The number of ether oxygens (including phenoxy) is 1. The summed E-state index contributed by atoms with van der Waals surface area (Å²) in [5.74, 6) is 0. The summed E-state index contributed by atoms with van der Waals surface area (Å²) in [6, 6.07) is 9.51. The number of aromatic nitrogens is 1. The van der Waals surface area contributed by atoms with Gasteiger partial charge in [0.25, 0.3) is 0 Å². The van der Waals surface area contributed by atoms with Crippen LogP contribution in [0.5, 0.6) is 0 Å². The molecule has 0 bridgehead atoms. The van der Waals surface area contributed by atoms with E-state index in [-0.39, 0.29) is 6.61 Å². The predicted molar refractivity (Wildman–Crippen MR) is 70.1 cm³/mol. The van der Waals surface area contributed by atoms with Crippen LogP contribution in [0.3, 0.4) is 0 Å². The van der Waals surface area contributed by atoms with Crippen LogP contribution >= 0.6 is 27.5 Å². The number of rotatable bonds is 3. The molecule has 0 unspecified atom stereocenters. The lowest BCUT2D eigenvalue weighted by atomic mass is 10.2. The van der Waals surface area contributed by atoms with Gasteiger partial charge in [-0.05, 0) is 33.0 Å². The molecule has 0 atom stereocenters. The molecule has 0 fully saturated rings. The van der Waals surface area contributed by atoms with Gasteiger partial charge in [0, 0.05) is 0 Å². The zero-order chi connectivity index (χ0) is 12.1. The van der Waals surface area contributed by atoms with E-state index in [0.29, 0.717) is 5.69 Å². The normalized spacial score (nSPS) is 9.94. The first-order valence-corrected chi connectivity index (χ1v) is 6.40. The summed E-state index contributed by atoms with van der Waals surface area (Å²) in [4.78, 5) is 11.5. The number of nitrogens with one attached hydrogen (secondary N) is 1. The van der Waals surface area contributed by atoms with E-state index < -0.39 is 6.09 Å². The van der Waals surface area contributed by atoms with Crippen LogP contribution in [-0.4, -0.2) is 10.5 Å². The molecule has 0 saturated heterocycles. The van der Waals surface area contributed by atoms with Crippen molar-refractivity contribution in [2.75, 3.05) is 5.32 Å². The highest BCUT2D eigenvalue weighted by molar-refractivity contribution is 9.11. The number of amides is 1. The van der Waals surface area contributed by atoms with Crippen molar-refractivity contribution < 1.29 is 9.53 Å². The molecule has 1 aromatic carbocycles. The third-order valence-electron chi connectivity index (χ3n) is 1.98. The molecular weight excluding hydrogens is 304 g/mol. The Morgan fingerprint density at radius 2 is 2.18 bits per heavy atom. The van der Waals surface area contributed by atoms with Gasteiger partial charge < -0.3 is 4.74 Å². The van der Waals surface area contributed by atoms with Crippen molar-refractivity contribution in [2.45, 2.75) is 6.61 Å². The van der Waals surface area contributed by atoms with Gasteiger partial charge in [0.1, 0.15) is 10.4 Å². The molecule has 1 N–H and O–H groups in total. The highest BCUT2D eigenvalue weighted by Crippen LogP contribution is 2.25. The molecule has 4 nitrogen and oxygen atoms in total. The van der Waals surface area contributed by atoms with Gasteiger partial charge >= 0.3 is 6.09 Å². The summed E-state index contributed by atoms with van der Waals surface area (Å²) in [5, 5.41) is 2.60. The van der Waals surface area contributed by atoms with E-state index in [1.54, 1.807) is 6.20 Å². The molecule has 2 rings (SSSR count). The van der Waals surface area contributed by atoms with Crippen molar-refractivity contribution in [3.63, 3.8) is 0 Å². The van der Waals surface area contributed by atoms with Crippen molar-refractivity contribution in [1.82, 2.24) is 4.37 Å². The number of carbonyl (C=O) groups is 1. The molecule has 6 heteroatoms. The van der Waals surface area contributed by atoms with Gasteiger partial charge in [-0.3, -0.25) is 5.32 Å².